The first-order chi connectivity index (χ1) is 7.04. The lowest BCUT2D eigenvalue weighted by molar-refractivity contribution is -0.142. The van der Waals surface area contributed by atoms with Crippen LogP contribution >= 0.6 is 22.9 Å². The first-order valence-electron chi connectivity index (χ1n) is 4.75. The zero-order valence-corrected chi connectivity index (χ0v) is 10.3. The fourth-order valence-electron chi connectivity index (χ4n) is 1.32. The SMILES string of the molecule is CCN(Cc1ccc(Cl)s1)C(C)C(=O)O. The lowest BCUT2D eigenvalue weighted by Gasteiger charge is -2.23. The monoisotopic (exact) mass is 247 g/mol. The van der Waals surface area contributed by atoms with E-state index in [9.17, 15) is 4.79 Å². The average molecular weight is 248 g/mol. The van der Waals surface area contributed by atoms with Crippen LogP contribution in [0.4, 0.5) is 0 Å². The Hall–Kier alpha value is -0.580. The molecule has 1 unspecified atom stereocenters. The van der Waals surface area contributed by atoms with Crippen molar-refractivity contribution in [1.82, 2.24) is 4.90 Å². The van der Waals surface area contributed by atoms with Gasteiger partial charge in [0, 0.05) is 11.4 Å². The average Bonchev–Trinajstić information content (AvgIpc) is 2.59. The number of halogens is 1. The molecular weight excluding hydrogens is 234 g/mol. The fourth-order valence-corrected chi connectivity index (χ4v) is 2.43. The Labute approximate surface area is 98.3 Å². The third-order valence-electron chi connectivity index (χ3n) is 2.30. The number of hydrogen-bond donors (Lipinski definition) is 1. The topological polar surface area (TPSA) is 40.5 Å². The summed E-state index contributed by atoms with van der Waals surface area (Å²) in [5, 5.41) is 8.90. The normalized spacial score (nSPS) is 13.1. The van der Waals surface area contributed by atoms with Gasteiger partial charge in [0.05, 0.1) is 4.34 Å². The molecule has 0 aliphatic rings. The van der Waals surface area contributed by atoms with Gasteiger partial charge in [-0.2, -0.15) is 0 Å². The number of aliphatic carboxylic acids is 1. The Morgan fingerprint density at radius 1 is 1.67 bits per heavy atom. The molecule has 1 aromatic heterocycles. The van der Waals surface area contributed by atoms with Crippen molar-refractivity contribution in [3.8, 4) is 0 Å². The summed E-state index contributed by atoms with van der Waals surface area (Å²) in [5.74, 6) is -0.792. The molecule has 0 aliphatic carbocycles. The van der Waals surface area contributed by atoms with E-state index in [1.165, 1.54) is 11.3 Å². The van der Waals surface area contributed by atoms with Crippen LogP contribution in [0.1, 0.15) is 18.7 Å². The quantitative estimate of drug-likeness (QED) is 0.870. The summed E-state index contributed by atoms with van der Waals surface area (Å²) in [6, 6.07) is 3.31. The number of rotatable bonds is 5. The van der Waals surface area contributed by atoms with Crippen molar-refractivity contribution in [3.63, 3.8) is 0 Å². The minimum absolute atomic E-state index is 0.462. The summed E-state index contributed by atoms with van der Waals surface area (Å²) in [4.78, 5) is 13.8. The minimum Gasteiger partial charge on any atom is -0.480 e. The van der Waals surface area contributed by atoms with Gasteiger partial charge in [-0.25, -0.2) is 0 Å². The number of likely N-dealkylation sites (N-methyl/N-ethyl adjacent to an activating group) is 1. The molecule has 3 nitrogen and oxygen atoms in total. The van der Waals surface area contributed by atoms with E-state index in [0.29, 0.717) is 13.1 Å². The molecule has 0 aromatic carbocycles. The van der Waals surface area contributed by atoms with Crippen LogP contribution in [0, 0.1) is 0 Å². The van der Waals surface area contributed by atoms with Crippen molar-refractivity contribution < 1.29 is 9.90 Å². The van der Waals surface area contributed by atoms with Gasteiger partial charge in [-0.15, -0.1) is 11.3 Å². The molecule has 0 saturated heterocycles. The Kier molecular flexibility index (Phi) is 4.57. The van der Waals surface area contributed by atoms with Gasteiger partial charge in [-0.3, -0.25) is 9.69 Å². The van der Waals surface area contributed by atoms with E-state index in [0.717, 1.165) is 9.21 Å². The molecule has 84 valence electrons. The predicted molar refractivity (Wildman–Crippen MR) is 62.5 cm³/mol. The van der Waals surface area contributed by atoms with Crippen LogP contribution in [-0.2, 0) is 11.3 Å². The third kappa shape index (κ3) is 3.48. The van der Waals surface area contributed by atoms with Gasteiger partial charge in [0.25, 0.3) is 0 Å². The van der Waals surface area contributed by atoms with Crippen LogP contribution in [0.2, 0.25) is 4.34 Å². The maximum Gasteiger partial charge on any atom is 0.320 e. The highest BCUT2D eigenvalue weighted by Crippen LogP contribution is 2.23. The standard InChI is InChI=1S/C10H14ClNO2S/c1-3-12(7(2)10(13)14)6-8-4-5-9(11)15-8/h4-5,7H,3,6H2,1-2H3,(H,13,14). The predicted octanol–water partition coefficient (Wildman–Crippen LogP) is 2.70. The summed E-state index contributed by atoms with van der Waals surface area (Å²) in [7, 11) is 0. The third-order valence-corrected chi connectivity index (χ3v) is 3.51. The molecule has 0 fully saturated rings. The molecule has 0 bridgehead atoms. The van der Waals surface area contributed by atoms with Crippen LogP contribution < -0.4 is 0 Å². The Bertz CT molecular complexity index is 340. The van der Waals surface area contributed by atoms with Crippen molar-refractivity contribution in [1.29, 1.82) is 0 Å². The number of carbonyl (C=O) groups is 1. The van der Waals surface area contributed by atoms with Crippen molar-refractivity contribution in [2.24, 2.45) is 0 Å². The summed E-state index contributed by atoms with van der Waals surface area (Å²) < 4.78 is 0.740. The summed E-state index contributed by atoms with van der Waals surface area (Å²) in [6.45, 7) is 5.00. The van der Waals surface area contributed by atoms with Gasteiger partial charge in [-0.1, -0.05) is 18.5 Å². The lowest BCUT2D eigenvalue weighted by Crippen LogP contribution is -2.38. The summed E-state index contributed by atoms with van der Waals surface area (Å²) >= 11 is 7.30. The molecule has 0 amide bonds. The number of carboxylic acids is 1. The molecule has 15 heavy (non-hydrogen) atoms. The van der Waals surface area contributed by atoms with Gasteiger partial charge in [0.15, 0.2) is 0 Å². The zero-order valence-electron chi connectivity index (χ0n) is 8.74. The number of hydrogen-bond acceptors (Lipinski definition) is 3. The van der Waals surface area contributed by atoms with Crippen molar-refractivity contribution in [3.05, 3.63) is 21.3 Å². The smallest absolute Gasteiger partial charge is 0.320 e. The van der Waals surface area contributed by atoms with Gasteiger partial charge in [0.2, 0.25) is 0 Å². The van der Waals surface area contributed by atoms with Gasteiger partial charge in [0.1, 0.15) is 6.04 Å². The summed E-state index contributed by atoms with van der Waals surface area (Å²) in [5.41, 5.74) is 0. The second kappa shape index (κ2) is 5.49. The van der Waals surface area contributed by atoms with Gasteiger partial charge < -0.3 is 5.11 Å². The van der Waals surface area contributed by atoms with E-state index < -0.39 is 12.0 Å². The first-order valence-corrected chi connectivity index (χ1v) is 5.95. The first kappa shape index (κ1) is 12.5. The maximum absolute atomic E-state index is 10.8. The van der Waals surface area contributed by atoms with E-state index in [2.05, 4.69) is 0 Å². The van der Waals surface area contributed by atoms with Crippen molar-refractivity contribution in [2.75, 3.05) is 6.54 Å². The van der Waals surface area contributed by atoms with E-state index in [-0.39, 0.29) is 0 Å². The van der Waals surface area contributed by atoms with E-state index in [4.69, 9.17) is 16.7 Å². The second-order valence-corrected chi connectivity index (χ2v) is 5.08. The van der Waals surface area contributed by atoms with E-state index in [1.807, 2.05) is 24.0 Å². The molecule has 0 spiro atoms. The highest BCUT2D eigenvalue weighted by atomic mass is 35.5. The molecule has 0 saturated carbocycles. The molecule has 1 rings (SSSR count). The van der Waals surface area contributed by atoms with Gasteiger partial charge in [-0.05, 0) is 25.6 Å². The second-order valence-electron chi connectivity index (χ2n) is 3.28. The Morgan fingerprint density at radius 2 is 2.33 bits per heavy atom. The minimum atomic E-state index is -0.792. The van der Waals surface area contributed by atoms with Crippen LogP contribution in [0.5, 0.6) is 0 Å². The molecule has 1 heterocycles. The Morgan fingerprint density at radius 3 is 2.73 bits per heavy atom. The van der Waals surface area contributed by atoms with Crippen molar-refractivity contribution in [2.45, 2.75) is 26.4 Å². The molecule has 0 radical (unpaired) electrons. The number of thiophene rings is 1. The molecule has 0 aliphatic heterocycles. The largest absolute Gasteiger partial charge is 0.480 e. The van der Waals surface area contributed by atoms with Crippen LogP contribution in [0.25, 0.3) is 0 Å². The van der Waals surface area contributed by atoms with Crippen molar-refractivity contribution >= 4 is 28.9 Å². The van der Waals surface area contributed by atoms with Gasteiger partial charge >= 0.3 is 5.97 Å². The molecule has 1 N–H and O–H groups in total. The molecule has 1 atom stereocenters. The number of nitrogens with zero attached hydrogens (tertiary/aromatic N) is 1. The van der Waals surface area contributed by atoms with Crippen LogP contribution in [0.15, 0.2) is 12.1 Å². The fraction of sp³-hybridized carbons (Fsp3) is 0.500. The van der Waals surface area contributed by atoms with Crippen LogP contribution in [-0.4, -0.2) is 28.6 Å². The van der Waals surface area contributed by atoms with Crippen LogP contribution in [0.3, 0.4) is 0 Å². The maximum atomic E-state index is 10.8. The molecular formula is C10H14ClNO2S. The summed E-state index contributed by atoms with van der Waals surface area (Å²) in [6.07, 6.45) is 0. The molecule has 5 heteroatoms. The number of carboxylic acid groups (broad SMARTS) is 1. The highest BCUT2D eigenvalue weighted by Gasteiger charge is 2.19. The molecule has 1 aromatic rings. The van der Waals surface area contributed by atoms with E-state index in [1.54, 1.807) is 6.92 Å². The highest BCUT2D eigenvalue weighted by molar-refractivity contribution is 7.16. The lowest BCUT2D eigenvalue weighted by atomic mass is 10.2. The van der Waals surface area contributed by atoms with E-state index >= 15 is 0 Å². The Balaban J connectivity index is 2.65. The zero-order chi connectivity index (χ0) is 11.4.